The number of benzene rings is 2. The number of amides is 1. The van der Waals surface area contributed by atoms with Crippen LogP contribution in [0.4, 0.5) is 0 Å². The summed E-state index contributed by atoms with van der Waals surface area (Å²) >= 11 is 8.15. The van der Waals surface area contributed by atoms with Gasteiger partial charge in [-0.15, -0.1) is 0 Å². The summed E-state index contributed by atoms with van der Waals surface area (Å²) < 4.78 is 10.0. The average molecular weight is 525 g/mol. The molecular weight excluding hydrogens is 501 g/mol. The van der Waals surface area contributed by atoms with Crippen LogP contribution in [0.25, 0.3) is 21.7 Å². The molecule has 5 rings (SSSR count). The Balaban J connectivity index is 1.55. The Hall–Kier alpha value is -2.79. The van der Waals surface area contributed by atoms with Crippen LogP contribution in [0.3, 0.4) is 0 Å². The molecule has 3 heterocycles. The number of carbonyl (C=O) groups excluding carboxylic acids is 1. The van der Waals surface area contributed by atoms with Gasteiger partial charge in [-0.2, -0.15) is 0 Å². The molecule has 180 valence electrons. The van der Waals surface area contributed by atoms with Crippen molar-refractivity contribution in [3.05, 3.63) is 74.5 Å². The molecule has 1 amide bonds. The zero-order valence-corrected chi connectivity index (χ0v) is 21.5. The van der Waals surface area contributed by atoms with Crippen LogP contribution in [0.1, 0.15) is 18.4 Å². The van der Waals surface area contributed by atoms with Crippen molar-refractivity contribution in [2.45, 2.75) is 31.0 Å². The van der Waals surface area contributed by atoms with E-state index in [0.717, 1.165) is 30.7 Å². The Morgan fingerprint density at radius 2 is 1.97 bits per heavy atom. The number of nitrogens with zero attached hydrogens (tertiary/aromatic N) is 3. The fraction of sp³-hybridized carbons (Fsp3) is 0.280. The van der Waals surface area contributed by atoms with E-state index in [4.69, 9.17) is 21.9 Å². The normalized spacial score (nSPS) is 15.5. The number of thioether (sulfide) groups is 1. The summed E-state index contributed by atoms with van der Waals surface area (Å²) in [5.41, 5.74) is 2.91. The van der Waals surface area contributed by atoms with Gasteiger partial charge in [-0.25, -0.2) is 4.98 Å². The minimum Gasteiger partial charge on any atom is -0.376 e. The standard InChI is InChI=1S/C25H24N4O3S3/c1-16-8-5-6-12-19(16)29-22-21(35-25(29)33)23(31)28(17-9-3-2-4-10-17)24(27-22)34-15-20(30)26-14-18-11-7-13-32-18/h2-6,8-10,12,18H,7,11,13-15H2,1H3,(H,26,30). The number of fused-ring (bicyclic) bond motifs is 1. The quantitative estimate of drug-likeness (QED) is 0.215. The molecule has 10 heteroatoms. The Morgan fingerprint density at radius 1 is 1.20 bits per heavy atom. The van der Waals surface area contributed by atoms with Gasteiger partial charge in [-0.05, 0) is 55.7 Å². The molecule has 1 saturated heterocycles. The second-order valence-electron chi connectivity index (χ2n) is 8.24. The second kappa shape index (κ2) is 10.4. The Labute approximate surface area is 215 Å². The van der Waals surface area contributed by atoms with Crippen LogP contribution in [0.5, 0.6) is 0 Å². The lowest BCUT2D eigenvalue weighted by atomic mass is 10.2. The van der Waals surface area contributed by atoms with Gasteiger partial charge in [-0.1, -0.05) is 59.5 Å². The van der Waals surface area contributed by atoms with E-state index in [1.807, 2.05) is 66.1 Å². The van der Waals surface area contributed by atoms with Gasteiger partial charge in [0.1, 0.15) is 4.70 Å². The van der Waals surface area contributed by atoms with Crippen molar-refractivity contribution in [1.82, 2.24) is 19.4 Å². The van der Waals surface area contributed by atoms with E-state index in [-0.39, 0.29) is 23.3 Å². The van der Waals surface area contributed by atoms with Crippen LogP contribution >= 0.6 is 35.3 Å². The summed E-state index contributed by atoms with van der Waals surface area (Å²) in [4.78, 5) is 31.2. The molecule has 1 aliphatic heterocycles. The average Bonchev–Trinajstić information content (AvgIpc) is 3.50. The number of ether oxygens (including phenoxy) is 1. The zero-order chi connectivity index (χ0) is 24.4. The highest BCUT2D eigenvalue weighted by Gasteiger charge is 2.21. The van der Waals surface area contributed by atoms with Crippen molar-refractivity contribution in [1.29, 1.82) is 0 Å². The molecule has 2 aromatic carbocycles. The van der Waals surface area contributed by atoms with Gasteiger partial charge < -0.3 is 10.1 Å². The molecule has 7 nitrogen and oxygen atoms in total. The molecular formula is C25H24N4O3S3. The molecule has 1 aliphatic rings. The van der Waals surface area contributed by atoms with Gasteiger partial charge >= 0.3 is 0 Å². The topological polar surface area (TPSA) is 78.2 Å². The molecule has 0 saturated carbocycles. The van der Waals surface area contributed by atoms with Gasteiger partial charge in [-0.3, -0.25) is 18.7 Å². The zero-order valence-electron chi connectivity index (χ0n) is 19.1. The molecule has 0 radical (unpaired) electrons. The van der Waals surface area contributed by atoms with Crippen molar-refractivity contribution in [3.8, 4) is 11.4 Å². The Morgan fingerprint density at radius 3 is 2.71 bits per heavy atom. The highest BCUT2D eigenvalue weighted by molar-refractivity contribution is 7.99. The number of para-hydroxylation sites is 2. The molecule has 1 fully saturated rings. The minimum absolute atomic E-state index is 0.0743. The second-order valence-corrected chi connectivity index (χ2v) is 10.8. The van der Waals surface area contributed by atoms with Crippen LogP contribution in [-0.2, 0) is 9.53 Å². The number of aryl methyl sites for hydroxylation is 1. The van der Waals surface area contributed by atoms with E-state index in [0.29, 0.717) is 31.7 Å². The fourth-order valence-corrected chi connectivity index (χ4v) is 6.20. The van der Waals surface area contributed by atoms with Crippen molar-refractivity contribution in [3.63, 3.8) is 0 Å². The number of hydrogen-bond donors (Lipinski definition) is 1. The lowest BCUT2D eigenvalue weighted by molar-refractivity contribution is -0.119. The first kappa shape index (κ1) is 23.9. The molecule has 0 bridgehead atoms. The van der Waals surface area contributed by atoms with Crippen LogP contribution in [0.2, 0.25) is 0 Å². The van der Waals surface area contributed by atoms with Gasteiger partial charge in [0, 0.05) is 13.2 Å². The highest BCUT2D eigenvalue weighted by Crippen LogP contribution is 2.28. The fourth-order valence-electron chi connectivity index (χ4n) is 4.08. The summed E-state index contributed by atoms with van der Waals surface area (Å²) in [6.45, 7) is 3.24. The summed E-state index contributed by atoms with van der Waals surface area (Å²) in [7, 11) is 0. The predicted octanol–water partition coefficient (Wildman–Crippen LogP) is 4.66. The number of nitrogens with one attached hydrogen (secondary N) is 1. The van der Waals surface area contributed by atoms with Crippen LogP contribution in [0, 0.1) is 10.9 Å². The molecule has 1 atom stereocenters. The van der Waals surface area contributed by atoms with Gasteiger partial charge in [0.2, 0.25) is 5.91 Å². The van der Waals surface area contributed by atoms with Crippen LogP contribution in [-0.4, -0.2) is 45.0 Å². The summed E-state index contributed by atoms with van der Waals surface area (Å²) in [5.74, 6) is 0.00716. The van der Waals surface area contributed by atoms with Crippen molar-refractivity contribution in [2.24, 2.45) is 0 Å². The van der Waals surface area contributed by atoms with E-state index in [9.17, 15) is 9.59 Å². The molecule has 1 unspecified atom stereocenters. The first-order chi connectivity index (χ1) is 17.0. The monoisotopic (exact) mass is 524 g/mol. The maximum atomic E-state index is 13.7. The van der Waals surface area contributed by atoms with Gasteiger partial charge in [0.15, 0.2) is 14.8 Å². The van der Waals surface area contributed by atoms with E-state index < -0.39 is 0 Å². The molecule has 2 aromatic heterocycles. The van der Waals surface area contributed by atoms with Crippen molar-refractivity contribution >= 4 is 51.6 Å². The number of thiazole rings is 1. The number of rotatable bonds is 7. The van der Waals surface area contributed by atoms with E-state index in [2.05, 4.69) is 5.32 Å². The summed E-state index contributed by atoms with van der Waals surface area (Å²) in [5, 5.41) is 3.38. The number of carbonyl (C=O) groups is 1. The lowest BCUT2D eigenvalue weighted by Gasteiger charge is -2.14. The van der Waals surface area contributed by atoms with Crippen molar-refractivity contribution in [2.75, 3.05) is 18.9 Å². The molecule has 0 aliphatic carbocycles. The van der Waals surface area contributed by atoms with Crippen molar-refractivity contribution < 1.29 is 9.53 Å². The van der Waals surface area contributed by atoms with E-state index in [1.54, 1.807) is 4.57 Å². The molecule has 1 N–H and O–H groups in total. The highest BCUT2D eigenvalue weighted by atomic mass is 32.2. The number of hydrogen-bond acceptors (Lipinski definition) is 7. The molecule has 4 aromatic rings. The Bertz CT molecular complexity index is 1490. The minimum atomic E-state index is -0.202. The lowest BCUT2D eigenvalue weighted by Crippen LogP contribution is -2.33. The summed E-state index contributed by atoms with van der Waals surface area (Å²) in [6.07, 6.45) is 2.06. The first-order valence-corrected chi connectivity index (χ1v) is 13.5. The maximum absolute atomic E-state index is 13.7. The third-order valence-electron chi connectivity index (χ3n) is 5.83. The Kier molecular flexibility index (Phi) is 7.14. The molecule has 35 heavy (non-hydrogen) atoms. The molecule has 0 spiro atoms. The number of aromatic nitrogens is 3. The van der Waals surface area contributed by atoms with Gasteiger partial charge in [0.25, 0.3) is 5.56 Å². The smallest absolute Gasteiger partial charge is 0.278 e. The largest absolute Gasteiger partial charge is 0.376 e. The maximum Gasteiger partial charge on any atom is 0.278 e. The van der Waals surface area contributed by atoms with E-state index in [1.165, 1.54) is 23.1 Å². The third-order valence-corrected chi connectivity index (χ3v) is 8.12. The summed E-state index contributed by atoms with van der Waals surface area (Å²) in [6, 6.07) is 17.2. The van der Waals surface area contributed by atoms with Crippen LogP contribution < -0.4 is 10.9 Å². The SMILES string of the molecule is Cc1ccccc1-n1c(=S)sc2c(=O)n(-c3ccccc3)c(SCC(=O)NCC3CCCO3)nc21. The van der Waals surface area contributed by atoms with Gasteiger partial charge in [0.05, 0.1) is 23.2 Å². The first-order valence-electron chi connectivity index (χ1n) is 11.3. The van der Waals surface area contributed by atoms with Crippen LogP contribution in [0.15, 0.2) is 64.5 Å². The van der Waals surface area contributed by atoms with E-state index >= 15 is 0 Å². The predicted molar refractivity (Wildman–Crippen MR) is 143 cm³/mol. The third kappa shape index (κ3) is 4.97.